The number of nitrogens with two attached hydrogens (primary N) is 1. The van der Waals surface area contributed by atoms with Crippen LogP contribution in [0.2, 0.25) is 0 Å². The molecule has 1 aromatic heterocycles. The van der Waals surface area contributed by atoms with Crippen molar-refractivity contribution in [1.82, 2.24) is 4.98 Å². The molecule has 4 nitrogen and oxygen atoms in total. The zero-order valence-electron chi connectivity index (χ0n) is 8.40. The van der Waals surface area contributed by atoms with Crippen LogP contribution in [0.1, 0.15) is 28.9 Å². The molecule has 1 aliphatic rings. The van der Waals surface area contributed by atoms with Gasteiger partial charge in [-0.15, -0.1) is 0 Å². The summed E-state index contributed by atoms with van der Waals surface area (Å²) in [5.74, 6) is -0.937. The van der Waals surface area contributed by atoms with E-state index >= 15 is 0 Å². The van der Waals surface area contributed by atoms with Crippen molar-refractivity contribution in [2.75, 3.05) is 7.18 Å². The molecule has 2 rings (SSSR count). The summed E-state index contributed by atoms with van der Waals surface area (Å²) in [6.07, 6.45) is 3.28. The van der Waals surface area contributed by atoms with E-state index in [1.54, 1.807) is 6.07 Å². The Labute approximate surface area is 86.9 Å². The number of nitrogens with zero attached hydrogens (tertiary/aromatic N) is 1. The van der Waals surface area contributed by atoms with Crippen LogP contribution in [0.5, 0.6) is 0 Å². The first-order chi connectivity index (χ1) is 7.12. The van der Waals surface area contributed by atoms with Crippen molar-refractivity contribution in [2.24, 2.45) is 5.73 Å². The minimum absolute atomic E-state index is 0.252. The molecule has 0 bridgehead atoms. The van der Waals surface area contributed by atoms with Crippen LogP contribution in [0.15, 0.2) is 18.3 Å². The third-order valence-electron chi connectivity index (χ3n) is 2.31. The van der Waals surface area contributed by atoms with Crippen LogP contribution in [0, 0.1) is 0 Å². The Morgan fingerprint density at radius 3 is 2.67 bits per heavy atom. The number of hydrogen-bond acceptors (Lipinski definition) is 3. The highest BCUT2D eigenvalue weighted by Gasteiger charge is 2.41. The molecule has 15 heavy (non-hydrogen) atoms. The van der Waals surface area contributed by atoms with Gasteiger partial charge in [0.1, 0.15) is 0 Å². The molecule has 1 aliphatic carbocycles. The van der Waals surface area contributed by atoms with Crippen LogP contribution in [0.4, 0.5) is 4.39 Å². The lowest BCUT2D eigenvalue weighted by molar-refractivity contribution is 0.0696. The van der Waals surface area contributed by atoms with Crippen molar-refractivity contribution in [3.63, 3.8) is 0 Å². The fourth-order valence-electron chi connectivity index (χ4n) is 1.23. The highest BCUT2D eigenvalue weighted by Crippen LogP contribution is 2.41. The number of carbonyl (C=O) groups is 1. The number of hydrogen-bond donors (Lipinski definition) is 2. The van der Waals surface area contributed by atoms with E-state index in [4.69, 9.17) is 10.8 Å². The first-order valence-electron chi connectivity index (χ1n) is 4.48. The van der Waals surface area contributed by atoms with E-state index in [0.29, 0.717) is 12.9 Å². The molecule has 5 heteroatoms. The van der Waals surface area contributed by atoms with Gasteiger partial charge in [-0.25, -0.2) is 4.79 Å². The first kappa shape index (κ1) is 11.6. The maximum atomic E-state index is 10.6. The smallest absolute Gasteiger partial charge is 0.335 e. The van der Waals surface area contributed by atoms with Crippen LogP contribution >= 0.6 is 0 Å². The Morgan fingerprint density at radius 2 is 2.20 bits per heavy atom. The summed E-state index contributed by atoms with van der Waals surface area (Å²) < 4.78 is 9.50. The third-order valence-corrected chi connectivity index (χ3v) is 2.31. The number of rotatable bonds is 2. The van der Waals surface area contributed by atoms with Gasteiger partial charge in [0.2, 0.25) is 0 Å². The Morgan fingerprint density at radius 1 is 1.60 bits per heavy atom. The maximum absolute atomic E-state index is 10.6. The minimum atomic E-state index is -0.937. The molecule has 1 fully saturated rings. The number of carboxylic acid groups (broad SMARTS) is 1. The number of alkyl halides is 1. The van der Waals surface area contributed by atoms with Crippen molar-refractivity contribution < 1.29 is 14.3 Å². The first-order valence-corrected chi connectivity index (χ1v) is 4.48. The van der Waals surface area contributed by atoms with Crippen LogP contribution in [0.25, 0.3) is 0 Å². The second-order valence-electron chi connectivity index (χ2n) is 3.39. The maximum Gasteiger partial charge on any atom is 0.335 e. The molecule has 0 unspecified atom stereocenters. The lowest BCUT2D eigenvalue weighted by atomic mass is 10.1. The van der Waals surface area contributed by atoms with Crippen molar-refractivity contribution in [1.29, 1.82) is 0 Å². The van der Waals surface area contributed by atoms with Gasteiger partial charge in [-0.05, 0) is 25.0 Å². The van der Waals surface area contributed by atoms with Crippen molar-refractivity contribution in [3.05, 3.63) is 29.6 Å². The SMILES string of the molecule is CF.NC1(c2cc(C(=O)O)ccn2)CC1. The molecule has 1 aromatic rings. The number of aromatic nitrogens is 1. The number of aromatic carboxylic acids is 1. The van der Waals surface area contributed by atoms with Gasteiger partial charge in [0.05, 0.1) is 24.0 Å². The fourth-order valence-corrected chi connectivity index (χ4v) is 1.23. The molecular weight excluding hydrogens is 199 g/mol. The highest BCUT2D eigenvalue weighted by atomic mass is 19.1. The molecule has 1 heterocycles. The minimum Gasteiger partial charge on any atom is -0.478 e. The van der Waals surface area contributed by atoms with Crippen LogP contribution in [-0.2, 0) is 5.54 Å². The Hall–Kier alpha value is -1.49. The van der Waals surface area contributed by atoms with Gasteiger partial charge in [0.15, 0.2) is 0 Å². The average Bonchev–Trinajstić information content (AvgIpc) is 3.01. The Bertz CT molecular complexity index is 364. The largest absolute Gasteiger partial charge is 0.478 e. The van der Waals surface area contributed by atoms with Gasteiger partial charge in [0, 0.05) is 6.20 Å². The van der Waals surface area contributed by atoms with Crippen LogP contribution in [0.3, 0.4) is 0 Å². The summed E-state index contributed by atoms with van der Waals surface area (Å²) in [4.78, 5) is 14.7. The number of halogens is 1. The summed E-state index contributed by atoms with van der Waals surface area (Å²) in [6.45, 7) is 0. The molecule has 82 valence electrons. The van der Waals surface area contributed by atoms with Gasteiger partial charge in [-0.2, -0.15) is 0 Å². The molecule has 0 spiro atoms. The van der Waals surface area contributed by atoms with Gasteiger partial charge in [-0.3, -0.25) is 9.37 Å². The Kier molecular flexibility index (Phi) is 3.36. The molecule has 0 atom stereocenters. The molecule has 0 radical (unpaired) electrons. The molecule has 0 aliphatic heterocycles. The summed E-state index contributed by atoms with van der Waals surface area (Å²) >= 11 is 0. The summed E-state index contributed by atoms with van der Waals surface area (Å²) in [5.41, 5.74) is 6.46. The molecule has 0 saturated heterocycles. The second-order valence-corrected chi connectivity index (χ2v) is 3.39. The normalized spacial score (nSPS) is 16.2. The second kappa shape index (κ2) is 4.35. The van der Waals surface area contributed by atoms with Gasteiger partial charge in [-0.1, -0.05) is 0 Å². The highest BCUT2D eigenvalue weighted by molar-refractivity contribution is 5.87. The van der Waals surface area contributed by atoms with Crippen molar-refractivity contribution >= 4 is 5.97 Å². The average molecular weight is 212 g/mol. The molecule has 1 saturated carbocycles. The lowest BCUT2D eigenvalue weighted by Gasteiger charge is -2.07. The standard InChI is InChI=1S/C9H10N2O2.CH3F/c10-9(2-3-9)7-5-6(8(12)13)1-4-11-7;1-2/h1,4-5H,2-3,10H2,(H,12,13);1H3. The Balaban J connectivity index is 0.000000531. The number of carboxylic acids is 1. The molecule has 0 amide bonds. The zero-order valence-corrected chi connectivity index (χ0v) is 8.40. The van der Waals surface area contributed by atoms with Crippen LogP contribution < -0.4 is 5.73 Å². The van der Waals surface area contributed by atoms with E-state index in [1.165, 1.54) is 12.3 Å². The van der Waals surface area contributed by atoms with Gasteiger partial charge in [0.25, 0.3) is 0 Å². The molecule has 0 aromatic carbocycles. The van der Waals surface area contributed by atoms with E-state index in [-0.39, 0.29) is 11.1 Å². The molecular formula is C10H13FN2O2. The number of pyridine rings is 1. The zero-order chi connectivity index (χ0) is 11.5. The van der Waals surface area contributed by atoms with E-state index in [1.807, 2.05) is 0 Å². The lowest BCUT2D eigenvalue weighted by Crippen LogP contribution is -2.20. The van der Waals surface area contributed by atoms with E-state index in [0.717, 1.165) is 12.8 Å². The van der Waals surface area contributed by atoms with Crippen molar-refractivity contribution in [2.45, 2.75) is 18.4 Å². The topological polar surface area (TPSA) is 76.2 Å². The quantitative estimate of drug-likeness (QED) is 0.775. The fraction of sp³-hybridized carbons (Fsp3) is 0.400. The predicted molar refractivity (Wildman–Crippen MR) is 53.3 cm³/mol. The molecule has 3 N–H and O–H groups in total. The van der Waals surface area contributed by atoms with Crippen LogP contribution in [-0.4, -0.2) is 23.2 Å². The van der Waals surface area contributed by atoms with E-state index < -0.39 is 5.97 Å². The van der Waals surface area contributed by atoms with Crippen molar-refractivity contribution in [3.8, 4) is 0 Å². The summed E-state index contributed by atoms with van der Waals surface area (Å²) in [6, 6.07) is 3.02. The van der Waals surface area contributed by atoms with E-state index in [2.05, 4.69) is 4.98 Å². The monoisotopic (exact) mass is 212 g/mol. The predicted octanol–water partition coefficient (Wildman–Crippen LogP) is 1.31. The van der Waals surface area contributed by atoms with Gasteiger partial charge >= 0.3 is 5.97 Å². The summed E-state index contributed by atoms with van der Waals surface area (Å²) in [7, 11) is 0.500. The summed E-state index contributed by atoms with van der Waals surface area (Å²) in [5, 5.41) is 8.73. The van der Waals surface area contributed by atoms with E-state index in [9.17, 15) is 9.18 Å². The van der Waals surface area contributed by atoms with Gasteiger partial charge < -0.3 is 10.8 Å². The third kappa shape index (κ3) is 2.50.